The molecule has 0 aromatic heterocycles. The first-order chi connectivity index (χ1) is 10.9. The van der Waals surface area contributed by atoms with E-state index in [2.05, 4.69) is 10.0 Å². The lowest BCUT2D eigenvalue weighted by Crippen LogP contribution is -2.26. The van der Waals surface area contributed by atoms with Crippen LogP contribution in [0.25, 0.3) is 0 Å². The van der Waals surface area contributed by atoms with Crippen LogP contribution < -0.4 is 14.8 Å². The van der Waals surface area contributed by atoms with Crippen LogP contribution in [0.3, 0.4) is 0 Å². The number of ether oxygens (including phenoxy) is 2. The minimum Gasteiger partial charge on any atom is -0.489 e. The van der Waals surface area contributed by atoms with Crippen molar-refractivity contribution in [2.24, 2.45) is 0 Å². The molecule has 0 radical (unpaired) electrons. The van der Waals surface area contributed by atoms with Gasteiger partial charge in [-0.05, 0) is 25.0 Å². The maximum Gasteiger partial charge on any atom is 0.225 e. The minimum atomic E-state index is -3.29. The summed E-state index contributed by atoms with van der Waals surface area (Å²) in [5.74, 6) is 0.293. The summed E-state index contributed by atoms with van der Waals surface area (Å²) in [7, 11) is -3.29. The second-order valence-corrected chi connectivity index (χ2v) is 7.24. The van der Waals surface area contributed by atoms with Gasteiger partial charge < -0.3 is 14.8 Å². The minimum absolute atomic E-state index is 0.0488. The average Bonchev–Trinajstić information content (AvgIpc) is 2.98. The first-order valence-corrected chi connectivity index (χ1v) is 9.41. The van der Waals surface area contributed by atoms with E-state index in [1.807, 2.05) is 6.07 Å². The Morgan fingerprint density at radius 3 is 2.87 bits per heavy atom. The standard InChI is InChI=1S/C15H22N2O5S/c1-23(19,20)16-9-8-15(18)17-13-6-2-3-7-14(13)22-11-12-5-4-10-21-12/h2-3,6-7,12,16H,4-5,8-11H2,1H3,(H,17,18). The van der Waals surface area contributed by atoms with Gasteiger partial charge in [-0.15, -0.1) is 0 Å². The topological polar surface area (TPSA) is 93.7 Å². The van der Waals surface area contributed by atoms with Gasteiger partial charge in [-0.2, -0.15) is 0 Å². The van der Waals surface area contributed by atoms with E-state index in [1.165, 1.54) is 0 Å². The van der Waals surface area contributed by atoms with E-state index in [9.17, 15) is 13.2 Å². The van der Waals surface area contributed by atoms with Crippen molar-refractivity contribution in [2.75, 3.05) is 31.3 Å². The van der Waals surface area contributed by atoms with E-state index < -0.39 is 10.0 Å². The Hall–Kier alpha value is -1.64. The van der Waals surface area contributed by atoms with Crippen LogP contribution in [0.5, 0.6) is 5.75 Å². The molecule has 1 aliphatic heterocycles. The van der Waals surface area contributed by atoms with Crippen LogP contribution in [0.1, 0.15) is 19.3 Å². The number of hydrogen-bond donors (Lipinski definition) is 2. The van der Waals surface area contributed by atoms with Crippen LogP contribution in [0.15, 0.2) is 24.3 Å². The summed E-state index contributed by atoms with van der Waals surface area (Å²) in [5, 5.41) is 2.73. The predicted molar refractivity (Wildman–Crippen MR) is 87.0 cm³/mol. The van der Waals surface area contributed by atoms with Gasteiger partial charge in [0, 0.05) is 19.6 Å². The van der Waals surface area contributed by atoms with Crippen molar-refractivity contribution in [3.63, 3.8) is 0 Å². The Balaban J connectivity index is 1.85. The highest BCUT2D eigenvalue weighted by Gasteiger charge is 2.17. The zero-order valence-corrected chi connectivity index (χ0v) is 13.9. The summed E-state index contributed by atoms with van der Waals surface area (Å²) >= 11 is 0. The molecule has 2 rings (SSSR count). The summed E-state index contributed by atoms with van der Waals surface area (Å²) in [6.45, 7) is 1.27. The normalized spacial score (nSPS) is 17.9. The van der Waals surface area contributed by atoms with E-state index >= 15 is 0 Å². The fraction of sp³-hybridized carbons (Fsp3) is 0.533. The van der Waals surface area contributed by atoms with Gasteiger partial charge in [0.2, 0.25) is 15.9 Å². The number of nitrogens with one attached hydrogen (secondary N) is 2. The average molecular weight is 342 g/mol. The molecule has 1 amide bonds. The quantitative estimate of drug-likeness (QED) is 0.738. The van der Waals surface area contributed by atoms with E-state index in [4.69, 9.17) is 9.47 Å². The lowest BCUT2D eigenvalue weighted by Gasteiger charge is -2.15. The van der Waals surface area contributed by atoms with Crippen LogP contribution in [0.2, 0.25) is 0 Å². The third-order valence-corrected chi connectivity index (χ3v) is 4.05. The molecule has 2 N–H and O–H groups in total. The summed E-state index contributed by atoms with van der Waals surface area (Å²) in [6, 6.07) is 7.14. The lowest BCUT2D eigenvalue weighted by molar-refractivity contribution is -0.116. The third-order valence-electron chi connectivity index (χ3n) is 3.33. The fourth-order valence-electron chi connectivity index (χ4n) is 2.22. The van der Waals surface area contributed by atoms with Gasteiger partial charge in [0.05, 0.1) is 18.0 Å². The van der Waals surface area contributed by atoms with Gasteiger partial charge >= 0.3 is 0 Å². The van der Waals surface area contributed by atoms with Crippen LogP contribution >= 0.6 is 0 Å². The molecule has 0 aliphatic carbocycles. The Morgan fingerprint density at radius 2 is 2.17 bits per heavy atom. The van der Waals surface area contributed by atoms with Gasteiger partial charge in [0.25, 0.3) is 0 Å². The first kappa shape index (κ1) is 17.7. The molecule has 8 heteroatoms. The molecular weight excluding hydrogens is 320 g/mol. The molecule has 1 fully saturated rings. The zero-order chi connectivity index (χ0) is 16.7. The molecule has 23 heavy (non-hydrogen) atoms. The number of carbonyl (C=O) groups excluding carboxylic acids is 1. The van der Waals surface area contributed by atoms with Crippen LogP contribution in [-0.2, 0) is 19.6 Å². The van der Waals surface area contributed by atoms with Crippen molar-refractivity contribution < 1.29 is 22.7 Å². The number of sulfonamides is 1. The molecule has 1 aromatic rings. The van der Waals surface area contributed by atoms with Crippen molar-refractivity contribution in [1.29, 1.82) is 0 Å². The van der Waals surface area contributed by atoms with Crippen LogP contribution in [0, 0.1) is 0 Å². The molecule has 1 aromatic carbocycles. The predicted octanol–water partition coefficient (Wildman–Crippen LogP) is 1.12. The second-order valence-electron chi connectivity index (χ2n) is 5.41. The van der Waals surface area contributed by atoms with Gasteiger partial charge in [-0.25, -0.2) is 13.1 Å². The smallest absolute Gasteiger partial charge is 0.225 e. The summed E-state index contributed by atoms with van der Waals surface area (Å²) in [6.07, 6.45) is 3.22. The molecule has 0 bridgehead atoms. The second kappa shape index (κ2) is 8.28. The SMILES string of the molecule is CS(=O)(=O)NCCC(=O)Nc1ccccc1OCC1CCCO1. The first-order valence-electron chi connectivity index (χ1n) is 7.52. The highest BCUT2D eigenvalue weighted by Crippen LogP contribution is 2.25. The Morgan fingerprint density at radius 1 is 1.39 bits per heavy atom. The number of amides is 1. The molecule has 1 unspecified atom stereocenters. The van der Waals surface area contributed by atoms with E-state index in [0.29, 0.717) is 18.0 Å². The molecule has 0 spiro atoms. The highest BCUT2D eigenvalue weighted by molar-refractivity contribution is 7.88. The monoisotopic (exact) mass is 342 g/mol. The molecule has 128 valence electrons. The summed E-state index contributed by atoms with van der Waals surface area (Å²) in [5.41, 5.74) is 0.565. The van der Waals surface area contributed by atoms with Gasteiger partial charge in [0.1, 0.15) is 12.4 Å². The molecule has 7 nitrogen and oxygen atoms in total. The third kappa shape index (κ3) is 6.55. The number of benzene rings is 1. The van der Waals surface area contributed by atoms with Crippen molar-refractivity contribution in [3.8, 4) is 5.75 Å². The number of hydrogen-bond acceptors (Lipinski definition) is 5. The molecule has 1 saturated heterocycles. The number of anilines is 1. The molecule has 1 aliphatic rings. The Kier molecular flexibility index (Phi) is 6.37. The van der Waals surface area contributed by atoms with Gasteiger partial charge in [-0.1, -0.05) is 12.1 Å². The van der Waals surface area contributed by atoms with Crippen LogP contribution in [-0.4, -0.2) is 46.4 Å². The lowest BCUT2D eigenvalue weighted by atomic mass is 10.2. The molecule has 1 heterocycles. The van der Waals surface area contributed by atoms with Crippen LogP contribution in [0.4, 0.5) is 5.69 Å². The Bertz CT molecular complexity index is 627. The highest BCUT2D eigenvalue weighted by atomic mass is 32.2. The summed E-state index contributed by atoms with van der Waals surface area (Å²) < 4.78 is 35.4. The number of para-hydroxylation sites is 2. The molecular formula is C15H22N2O5S. The number of carbonyl (C=O) groups is 1. The number of rotatable bonds is 8. The Labute approximate surface area is 136 Å². The van der Waals surface area contributed by atoms with Crippen molar-refractivity contribution in [2.45, 2.75) is 25.4 Å². The van der Waals surface area contributed by atoms with Crippen molar-refractivity contribution in [3.05, 3.63) is 24.3 Å². The maximum absolute atomic E-state index is 11.9. The zero-order valence-electron chi connectivity index (χ0n) is 13.1. The molecule has 1 atom stereocenters. The molecule has 0 saturated carbocycles. The largest absolute Gasteiger partial charge is 0.489 e. The van der Waals surface area contributed by atoms with E-state index in [-0.39, 0.29) is 25.0 Å². The van der Waals surface area contributed by atoms with E-state index in [0.717, 1.165) is 25.7 Å². The maximum atomic E-state index is 11.9. The van der Waals surface area contributed by atoms with Crippen molar-refractivity contribution in [1.82, 2.24) is 4.72 Å². The fourth-order valence-corrected chi connectivity index (χ4v) is 2.69. The van der Waals surface area contributed by atoms with E-state index in [1.54, 1.807) is 18.2 Å². The summed E-state index contributed by atoms with van der Waals surface area (Å²) in [4.78, 5) is 11.9. The van der Waals surface area contributed by atoms with Gasteiger partial charge in [-0.3, -0.25) is 4.79 Å². The van der Waals surface area contributed by atoms with Crippen molar-refractivity contribution >= 4 is 21.6 Å². The van der Waals surface area contributed by atoms with Gasteiger partial charge in [0.15, 0.2) is 0 Å².